The lowest BCUT2D eigenvalue weighted by Crippen LogP contribution is -2.43. The molecule has 1 aliphatic rings. The van der Waals surface area contributed by atoms with Crippen LogP contribution in [-0.2, 0) is 29.2 Å². The van der Waals surface area contributed by atoms with E-state index in [9.17, 15) is 33.8 Å². The monoisotopic (exact) mass is 532 g/mol. The van der Waals surface area contributed by atoms with Gasteiger partial charge in [-0.3, -0.25) is 23.3 Å². The maximum Gasteiger partial charge on any atom is 0.705 e. The summed E-state index contributed by atoms with van der Waals surface area (Å²) in [4.78, 5) is 43.5. The quantitative estimate of drug-likeness (QED) is 0.280. The van der Waals surface area contributed by atoms with Gasteiger partial charge in [0.2, 0.25) is 0 Å². The van der Waals surface area contributed by atoms with E-state index in [-0.39, 0.29) is 6.54 Å². The van der Waals surface area contributed by atoms with Crippen LogP contribution in [0.5, 0.6) is 0 Å². The molecule has 17 heteroatoms. The van der Waals surface area contributed by atoms with Crippen LogP contribution in [0.15, 0.2) is 44.6 Å². The highest BCUT2D eigenvalue weighted by Crippen LogP contribution is 2.51. The van der Waals surface area contributed by atoms with Gasteiger partial charge in [0.05, 0.1) is 13.2 Å². The molecule has 0 spiro atoms. The molecule has 1 fully saturated rings. The Morgan fingerprint density at radius 1 is 1.23 bits per heavy atom. The lowest BCUT2D eigenvalue weighted by atomic mass is 10.1. The zero-order valence-corrected chi connectivity index (χ0v) is 19.7. The molecule has 0 bridgehead atoms. The minimum absolute atomic E-state index is 0.253. The van der Waals surface area contributed by atoms with Gasteiger partial charge in [0.25, 0.3) is 5.56 Å². The summed E-state index contributed by atoms with van der Waals surface area (Å²) in [6.45, 7) is 0.732. The number of phosphoric acid groups is 1. The van der Waals surface area contributed by atoms with Crippen molar-refractivity contribution in [1.82, 2.24) is 14.3 Å². The third-order valence-corrected chi connectivity index (χ3v) is 7.22. The summed E-state index contributed by atoms with van der Waals surface area (Å²) < 4.78 is 43.0. The van der Waals surface area contributed by atoms with E-state index in [0.717, 1.165) is 27.0 Å². The number of aliphatic hydroxyl groups excluding tert-OH is 2. The molecule has 1 aromatic carbocycles. The summed E-state index contributed by atoms with van der Waals surface area (Å²) >= 11 is 0. The highest BCUT2D eigenvalue weighted by atomic mass is 31.2. The number of benzene rings is 1. The Morgan fingerprint density at radius 2 is 1.97 bits per heavy atom. The molecule has 0 saturated carbocycles. The van der Waals surface area contributed by atoms with Crippen LogP contribution in [0.2, 0.25) is 0 Å². The van der Waals surface area contributed by atoms with Gasteiger partial charge in [-0.25, -0.2) is 9.36 Å². The maximum atomic E-state index is 13.1. The molecule has 0 amide bonds. The minimum atomic E-state index is -4.96. The Balaban J connectivity index is 1.59. The van der Waals surface area contributed by atoms with E-state index in [2.05, 4.69) is 14.0 Å². The van der Waals surface area contributed by atoms with Crippen LogP contribution in [-0.4, -0.2) is 59.2 Å². The van der Waals surface area contributed by atoms with Crippen LogP contribution in [0.4, 0.5) is 0 Å². The molecular formula is C18H20N3O12P2+. The van der Waals surface area contributed by atoms with Crippen molar-refractivity contribution in [2.24, 2.45) is 0 Å². The topological polar surface area (TPSA) is 213 Å². The van der Waals surface area contributed by atoms with Crippen molar-refractivity contribution in [3.63, 3.8) is 0 Å². The first kappa shape index (κ1) is 25.5. The number of phosphoric ester groups is 1. The number of fused-ring (bicyclic) bond motifs is 1. The number of aliphatic hydroxyl groups is 2. The molecule has 188 valence electrons. The van der Waals surface area contributed by atoms with Gasteiger partial charge in [0, 0.05) is 22.2 Å². The van der Waals surface area contributed by atoms with Crippen LogP contribution in [0, 0.1) is 6.92 Å². The molecule has 35 heavy (non-hydrogen) atoms. The largest absolute Gasteiger partial charge is 0.705 e. The zero-order chi connectivity index (χ0) is 25.5. The maximum absolute atomic E-state index is 13.1. The SMILES string of the molecule is Cc1cccc2c(Cn3c(=O)ccn([C@@H]4O[C@H](COP(=O)(O)O[P+](=O)O)C(O)[C@@H]4O)c3=O)noc12. The van der Waals surface area contributed by atoms with Crippen LogP contribution in [0.25, 0.3) is 11.0 Å². The van der Waals surface area contributed by atoms with E-state index in [1.807, 2.05) is 13.0 Å². The first-order valence-corrected chi connectivity index (χ1v) is 12.6. The molecule has 1 aliphatic heterocycles. The minimum Gasteiger partial charge on any atom is -0.387 e. The van der Waals surface area contributed by atoms with E-state index in [0.29, 0.717) is 16.7 Å². The Hall–Kier alpha value is -2.58. The van der Waals surface area contributed by atoms with Gasteiger partial charge in [0.1, 0.15) is 24.0 Å². The molecule has 3 aromatic rings. The number of hydrogen-bond acceptors (Lipinski definition) is 11. The fourth-order valence-electron chi connectivity index (χ4n) is 3.66. The van der Waals surface area contributed by atoms with E-state index in [1.54, 1.807) is 12.1 Å². The second-order valence-electron chi connectivity index (χ2n) is 7.64. The van der Waals surface area contributed by atoms with Gasteiger partial charge >= 0.3 is 21.8 Å². The Labute approximate surface area is 196 Å². The van der Waals surface area contributed by atoms with E-state index >= 15 is 0 Å². The molecule has 4 N–H and O–H groups in total. The number of hydrogen-bond donors (Lipinski definition) is 4. The molecule has 2 aromatic heterocycles. The Kier molecular flexibility index (Phi) is 7.16. The molecule has 0 aliphatic carbocycles. The number of aromatic nitrogens is 3. The predicted octanol–water partition coefficient (Wildman–Crippen LogP) is -0.0896. The van der Waals surface area contributed by atoms with Crippen LogP contribution in [0.3, 0.4) is 0 Å². The van der Waals surface area contributed by atoms with Crippen molar-refractivity contribution < 1.29 is 47.2 Å². The summed E-state index contributed by atoms with van der Waals surface area (Å²) in [6, 6.07) is 6.36. The van der Waals surface area contributed by atoms with Crippen LogP contribution in [0.1, 0.15) is 17.5 Å². The van der Waals surface area contributed by atoms with Crippen LogP contribution < -0.4 is 11.2 Å². The number of aryl methyl sites for hydroxylation is 1. The molecule has 6 atom stereocenters. The van der Waals surface area contributed by atoms with Crippen molar-refractivity contribution in [2.75, 3.05) is 6.61 Å². The van der Waals surface area contributed by atoms with Gasteiger partial charge in [-0.1, -0.05) is 17.3 Å². The fourth-order valence-corrected chi connectivity index (χ4v) is 4.89. The average molecular weight is 532 g/mol. The van der Waals surface area contributed by atoms with Crippen molar-refractivity contribution in [1.29, 1.82) is 0 Å². The standard InChI is InChI=1S/C18H19N3O12P2/c1-9-3-2-4-10-11(19-32-16(9)10)7-21-13(22)5-6-20(18(21)25)17-15(24)14(23)12(31-17)8-30-35(28,29)33-34(26)27/h2-6,12,14-15,17,23-24H,7-8H2,1H3,(H-,26,27,28,29)/p+1/t12-,14?,15+,17-/m1/s1. The second-order valence-corrected chi connectivity index (χ2v) is 9.97. The normalized spacial score (nSPS) is 24.5. The van der Waals surface area contributed by atoms with Crippen molar-refractivity contribution in [2.45, 2.75) is 38.0 Å². The van der Waals surface area contributed by atoms with Gasteiger partial charge in [0.15, 0.2) is 11.8 Å². The van der Waals surface area contributed by atoms with E-state index in [1.165, 1.54) is 0 Å². The van der Waals surface area contributed by atoms with Gasteiger partial charge in [-0.15, -0.1) is 4.89 Å². The lowest BCUT2D eigenvalue weighted by molar-refractivity contribution is -0.0546. The summed E-state index contributed by atoms with van der Waals surface area (Å²) in [6.07, 6.45) is -5.24. The smallest absolute Gasteiger partial charge is 0.387 e. The summed E-state index contributed by atoms with van der Waals surface area (Å²) in [5.41, 5.74) is 0.0727. The first-order valence-electron chi connectivity index (χ1n) is 9.99. The molecule has 3 heterocycles. The molecule has 1 saturated heterocycles. The molecule has 4 rings (SSSR count). The summed E-state index contributed by atoms with van der Waals surface area (Å²) in [5.74, 6) is 0. The summed E-state index contributed by atoms with van der Waals surface area (Å²) in [7, 11) is -8.41. The van der Waals surface area contributed by atoms with Crippen molar-refractivity contribution >= 4 is 27.0 Å². The molecule has 3 unspecified atom stereocenters. The molecule has 15 nitrogen and oxygen atoms in total. The van der Waals surface area contributed by atoms with Gasteiger partial charge in [-0.2, -0.15) is 0 Å². The first-order chi connectivity index (χ1) is 16.5. The average Bonchev–Trinajstić information content (AvgIpc) is 3.31. The summed E-state index contributed by atoms with van der Waals surface area (Å²) in [5, 5.41) is 25.2. The van der Waals surface area contributed by atoms with Gasteiger partial charge < -0.3 is 19.5 Å². The van der Waals surface area contributed by atoms with Crippen LogP contribution >= 0.6 is 16.1 Å². The number of para-hydroxylation sites is 1. The second kappa shape index (κ2) is 9.82. The number of nitrogens with zero attached hydrogens (tertiary/aromatic N) is 3. The van der Waals surface area contributed by atoms with Crippen molar-refractivity contribution in [3.05, 3.63) is 62.6 Å². The number of rotatable bonds is 8. The predicted molar refractivity (Wildman–Crippen MR) is 115 cm³/mol. The highest BCUT2D eigenvalue weighted by Gasteiger charge is 2.46. The van der Waals surface area contributed by atoms with E-state index in [4.69, 9.17) is 14.2 Å². The molecular weight excluding hydrogens is 512 g/mol. The third-order valence-electron chi connectivity index (χ3n) is 5.36. The zero-order valence-electron chi connectivity index (χ0n) is 17.9. The van der Waals surface area contributed by atoms with Crippen molar-refractivity contribution in [3.8, 4) is 0 Å². The third kappa shape index (κ3) is 5.19. The fraction of sp³-hybridized carbons (Fsp3) is 0.389. The lowest BCUT2D eigenvalue weighted by Gasteiger charge is -2.18. The Morgan fingerprint density at radius 3 is 2.69 bits per heavy atom. The number of ether oxygens (including phenoxy) is 1. The van der Waals surface area contributed by atoms with Gasteiger partial charge in [-0.05, 0) is 22.9 Å². The Bertz CT molecular complexity index is 1430. The molecule has 0 radical (unpaired) electrons. The highest BCUT2D eigenvalue weighted by molar-refractivity contribution is 7.55. The van der Waals surface area contributed by atoms with E-state index < -0.39 is 58.5 Å².